The average molecular weight is 481 g/mol. The molecule has 184 valence electrons. The third-order valence-electron chi connectivity index (χ3n) is 7.12. The lowest BCUT2D eigenvalue weighted by molar-refractivity contribution is 0.136. The number of rotatable bonds is 7. The van der Waals surface area contributed by atoms with Gasteiger partial charge in [-0.3, -0.25) is 0 Å². The fourth-order valence-electron chi connectivity index (χ4n) is 4.93. The molecule has 4 aromatic rings. The molecule has 0 saturated heterocycles. The van der Waals surface area contributed by atoms with E-state index in [0.29, 0.717) is 25.1 Å². The minimum absolute atomic E-state index is 0.294. The minimum Gasteiger partial charge on any atom is -0.445 e. The van der Waals surface area contributed by atoms with Crippen LogP contribution in [0.4, 0.5) is 10.7 Å². The quantitative estimate of drug-likeness (QED) is 0.340. The van der Waals surface area contributed by atoms with Crippen molar-refractivity contribution in [2.45, 2.75) is 38.3 Å². The molecule has 0 aliphatic heterocycles. The molecular weight excluding hydrogens is 448 g/mol. The van der Waals surface area contributed by atoms with E-state index in [1.54, 1.807) is 0 Å². The number of anilines is 1. The Morgan fingerprint density at radius 3 is 2.50 bits per heavy atom. The van der Waals surface area contributed by atoms with Gasteiger partial charge in [0.25, 0.3) is 0 Å². The summed E-state index contributed by atoms with van der Waals surface area (Å²) < 4.78 is 5.33. The van der Waals surface area contributed by atoms with Gasteiger partial charge in [-0.25, -0.2) is 14.8 Å². The monoisotopic (exact) mass is 480 g/mol. The standard InChI is InChI=1S/C30H32N4O2/c1-34(29-31-18-17-28(33-29)26-14-13-24-9-5-6-10-25(24)19-26)27-15-11-22(12-16-27)20-32-30(35)36-21-23-7-3-2-4-8-23/h2-10,13-14,17-19,22,27H,11-12,15-16,20-21H2,1H3,(H,32,35). The number of alkyl carbamates (subject to hydrolysis) is 1. The lowest BCUT2D eigenvalue weighted by atomic mass is 9.85. The number of amides is 1. The molecule has 1 aliphatic rings. The highest BCUT2D eigenvalue weighted by Crippen LogP contribution is 2.29. The van der Waals surface area contributed by atoms with Crippen LogP contribution in [-0.4, -0.2) is 35.7 Å². The largest absolute Gasteiger partial charge is 0.445 e. The van der Waals surface area contributed by atoms with Crippen LogP contribution < -0.4 is 10.2 Å². The summed E-state index contributed by atoms with van der Waals surface area (Å²) in [6.07, 6.45) is 5.70. The SMILES string of the molecule is CN(c1nccc(-c2ccc3ccccc3c2)n1)C1CCC(CNC(=O)OCc2ccccc2)CC1. The number of benzene rings is 3. The first-order valence-electron chi connectivity index (χ1n) is 12.7. The Labute approximate surface area is 212 Å². The fraction of sp³-hybridized carbons (Fsp3) is 0.300. The van der Waals surface area contributed by atoms with Crippen molar-refractivity contribution in [3.63, 3.8) is 0 Å². The van der Waals surface area contributed by atoms with E-state index in [4.69, 9.17) is 9.72 Å². The second-order valence-corrected chi connectivity index (χ2v) is 9.53. The van der Waals surface area contributed by atoms with Gasteiger partial charge in [-0.1, -0.05) is 66.7 Å². The zero-order chi connectivity index (χ0) is 24.7. The van der Waals surface area contributed by atoms with E-state index in [9.17, 15) is 4.79 Å². The highest BCUT2D eigenvalue weighted by molar-refractivity contribution is 5.86. The number of fused-ring (bicyclic) bond motifs is 1. The van der Waals surface area contributed by atoms with E-state index < -0.39 is 0 Å². The van der Waals surface area contributed by atoms with Crippen LogP contribution in [0.15, 0.2) is 85.1 Å². The molecule has 1 amide bonds. The van der Waals surface area contributed by atoms with Crippen LogP contribution in [0.2, 0.25) is 0 Å². The maximum Gasteiger partial charge on any atom is 0.407 e. The van der Waals surface area contributed by atoms with Crippen molar-refractivity contribution < 1.29 is 9.53 Å². The molecule has 6 heteroatoms. The highest BCUT2D eigenvalue weighted by atomic mass is 16.5. The zero-order valence-electron chi connectivity index (χ0n) is 20.6. The first-order chi connectivity index (χ1) is 17.7. The third-order valence-corrected chi connectivity index (χ3v) is 7.12. The van der Waals surface area contributed by atoms with Gasteiger partial charge in [0.15, 0.2) is 0 Å². The molecule has 3 aromatic carbocycles. The number of ether oxygens (including phenoxy) is 1. The summed E-state index contributed by atoms with van der Waals surface area (Å²) in [4.78, 5) is 23.7. The van der Waals surface area contributed by atoms with Crippen molar-refractivity contribution in [2.24, 2.45) is 5.92 Å². The number of nitrogens with zero attached hydrogens (tertiary/aromatic N) is 3. The van der Waals surface area contributed by atoms with Gasteiger partial charge in [0.2, 0.25) is 5.95 Å². The molecule has 1 saturated carbocycles. The van der Waals surface area contributed by atoms with E-state index in [2.05, 4.69) is 64.7 Å². The topological polar surface area (TPSA) is 67.4 Å². The Morgan fingerprint density at radius 2 is 1.69 bits per heavy atom. The summed E-state index contributed by atoms with van der Waals surface area (Å²) in [5.74, 6) is 1.22. The number of hydrogen-bond acceptors (Lipinski definition) is 5. The predicted molar refractivity (Wildman–Crippen MR) is 144 cm³/mol. The Bertz CT molecular complexity index is 1300. The maximum atomic E-state index is 12.1. The molecule has 1 heterocycles. The Kier molecular flexibility index (Phi) is 7.41. The van der Waals surface area contributed by atoms with Crippen LogP contribution in [-0.2, 0) is 11.3 Å². The number of nitrogens with one attached hydrogen (secondary N) is 1. The van der Waals surface area contributed by atoms with Gasteiger partial charge < -0.3 is 15.0 Å². The predicted octanol–water partition coefficient (Wildman–Crippen LogP) is 6.22. The van der Waals surface area contributed by atoms with Gasteiger partial charge in [0.05, 0.1) is 5.69 Å². The minimum atomic E-state index is -0.350. The van der Waals surface area contributed by atoms with Gasteiger partial charge >= 0.3 is 6.09 Å². The van der Waals surface area contributed by atoms with E-state index in [-0.39, 0.29) is 6.09 Å². The van der Waals surface area contributed by atoms with Gasteiger partial charge in [0, 0.05) is 31.4 Å². The van der Waals surface area contributed by atoms with Crippen LogP contribution >= 0.6 is 0 Å². The van der Waals surface area contributed by atoms with Crippen LogP contribution in [0.5, 0.6) is 0 Å². The molecule has 0 bridgehead atoms. The second kappa shape index (κ2) is 11.2. The molecule has 0 spiro atoms. The van der Waals surface area contributed by atoms with Crippen molar-refractivity contribution in [3.8, 4) is 11.3 Å². The lowest BCUT2D eigenvalue weighted by Crippen LogP contribution is -2.39. The van der Waals surface area contributed by atoms with Gasteiger partial charge in [-0.05, 0) is 60.1 Å². The normalized spacial score (nSPS) is 17.5. The second-order valence-electron chi connectivity index (χ2n) is 9.53. The first-order valence-corrected chi connectivity index (χ1v) is 12.7. The molecular formula is C30H32N4O2. The van der Waals surface area contributed by atoms with Crippen LogP contribution in [0.3, 0.4) is 0 Å². The van der Waals surface area contributed by atoms with Crippen molar-refractivity contribution >= 4 is 22.8 Å². The van der Waals surface area contributed by atoms with Crippen molar-refractivity contribution in [1.29, 1.82) is 0 Å². The summed E-state index contributed by atoms with van der Waals surface area (Å²) in [6, 6.07) is 26.9. The smallest absolute Gasteiger partial charge is 0.407 e. The van der Waals surface area contributed by atoms with Crippen LogP contribution in [0.25, 0.3) is 22.0 Å². The van der Waals surface area contributed by atoms with E-state index in [1.807, 2.05) is 42.6 Å². The zero-order valence-corrected chi connectivity index (χ0v) is 20.6. The number of aromatic nitrogens is 2. The van der Waals surface area contributed by atoms with Crippen LogP contribution in [0.1, 0.15) is 31.2 Å². The van der Waals surface area contributed by atoms with Crippen molar-refractivity contribution in [2.75, 3.05) is 18.5 Å². The number of carbonyl (C=O) groups is 1. The summed E-state index contributed by atoms with van der Waals surface area (Å²) >= 11 is 0. The lowest BCUT2D eigenvalue weighted by Gasteiger charge is -2.34. The number of carbonyl (C=O) groups excluding carboxylic acids is 1. The molecule has 36 heavy (non-hydrogen) atoms. The molecule has 5 rings (SSSR count). The molecule has 0 radical (unpaired) electrons. The molecule has 0 unspecified atom stereocenters. The Morgan fingerprint density at radius 1 is 0.944 bits per heavy atom. The maximum absolute atomic E-state index is 12.1. The average Bonchev–Trinajstić information content (AvgIpc) is 2.95. The van der Waals surface area contributed by atoms with Crippen LogP contribution in [0, 0.1) is 5.92 Å². The Balaban J connectivity index is 1.12. The molecule has 1 aromatic heterocycles. The molecule has 0 atom stereocenters. The highest BCUT2D eigenvalue weighted by Gasteiger charge is 2.26. The molecule has 1 aliphatic carbocycles. The summed E-state index contributed by atoms with van der Waals surface area (Å²) in [7, 11) is 2.09. The van der Waals surface area contributed by atoms with Gasteiger partial charge in [-0.15, -0.1) is 0 Å². The van der Waals surface area contributed by atoms with E-state index in [0.717, 1.165) is 48.5 Å². The van der Waals surface area contributed by atoms with E-state index >= 15 is 0 Å². The van der Waals surface area contributed by atoms with Crippen molar-refractivity contribution in [3.05, 3.63) is 90.6 Å². The molecule has 1 N–H and O–H groups in total. The number of hydrogen-bond donors (Lipinski definition) is 1. The summed E-state index contributed by atoms with van der Waals surface area (Å²) in [6.45, 7) is 0.945. The molecule has 6 nitrogen and oxygen atoms in total. The van der Waals surface area contributed by atoms with E-state index in [1.165, 1.54) is 10.8 Å². The van der Waals surface area contributed by atoms with Gasteiger partial charge in [-0.2, -0.15) is 0 Å². The van der Waals surface area contributed by atoms with Crippen molar-refractivity contribution in [1.82, 2.24) is 15.3 Å². The summed E-state index contributed by atoms with van der Waals surface area (Å²) in [5, 5.41) is 5.37. The fourth-order valence-corrected chi connectivity index (χ4v) is 4.93. The first kappa shape index (κ1) is 23.8. The summed E-state index contributed by atoms with van der Waals surface area (Å²) in [5.41, 5.74) is 3.02. The molecule has 1 fully saturated rings. The van der Waals surface area contributed by atoms with Gasteiger partial charge in [0.1, 0.15) is 6.61 Å². The third kappa shape index (κ3) is 5.82. The Hall–Kier alpha value is -3.93.